The first-order chi connectivity index (χ1) is 6.84. The van der Waals surface area contributed by atoms with Crippen molar-refractivity contribution >= 4 is 0 Å². The van der Waals surface area contributed by atoms with Crippen LogP contribution in [0.4, 0.5) is 0 Å². The van der Waals surface area contributed by atoms with Crippen LogP contribution in [0.15, 0.2) is 0 Å². The molecule has 14 heavy (non-hydrogen) atoms. The molecule has 4 nitrogen and oxygen atoms in total. The minimum atomic E-state index is 0.634. The molecule has 0 bridgehead atoms. The lowest BCUT2D eigenvalue weighted by atomic mass is 10.2. The number of hydrogen-bond acceptors (Lipinski definition) is 4. The average molecular weight is 202 g/mol. The van der Waals surface area contributed by atoms with Crippen LogP contribution < -0.4 is 5.32 Å². The molecular formula is C10H22N2O2. The summed E-state index contributed by atoms with van der Waals surface area (Å²) in [6.45, 7) is 8.82. The highest BCUT2D eigenvalue weighted by Crippen LogP contribution is 2.01. The Morgan fingerprint density at radius 1 is 1.36 bits per heavy atom. The quantitative estimate of drug-likeness (QED) is 0.612. The van der Waals surface area contributed by atoms with E-state index in [9.17, 15) is 0 Å². The molecule has 0 spiro atoms. The van der Waals surface area contributed by atoms with Gasteiger partial charge in [0.15, 0.2) is 0 Å². The Morgan fingerprint density at radius 3 is 2.93 bits per heavy atom. The predicted molar refractivity (Wildman–Crippen MR) is 56.6 cm³/mol. The highest BCUT2D eigenvalue weighted by Gasteiger charge is 2.16. The SMILES string of the molecule is COCCOCCN1CCNC[C@H]1C. The van der Waals surface area contributed by atoms with Gasteiger partial charge in [0, 0.05) is 39.3 Å². The van der Waals surface area contributed by atoms with E-state index in [1.54, 1.807) is 7.11 Å². The van der Waals surface area contributed by atoms with Gasteiger partial charge >= 0.3 is 0 Å². The van der Waals surface area contributed by atoms with Crippen molar-refractivity contribution in [3.63, 3.8) is 0 Å². The highest BCUT2D eigenvalue weighted by atomic mass is 16.5. The lowest BCUT2D eigenvalue weighted by Gasteiger charge is -2.33. The average Bonchev–Trinajstić information content (AvgIpc) is 2.20. The van der Waals surface area contributed by atoms with Crippen molar-refractivity contribution in [2.45, 2.75) is 13.0 Å². The van der Waals surface area contributed by atoms with Gasteiger partial charge < -0.3 is 14.8 Å². The van der Waals surface area contributed by atoms with E-state index < -0.39 is 0 Å². The van der Waals surface area contributed by atoms with Gasteiger partial charge in [0.25, 0.3) is 0 Å². The fraction of sp³-hybridized carbons (Fsp3) is 1.00. The Labute approximate surface area is 86.6 Å². The summed E-state index contributed by atoms with van der Waals surface area (Å²) in [5, 5.41) is 3.37. The van der Waals surface area contributed by atoms with Crippen molar-refractivity contribution in [3.05, 3.63) is 0 Å². The van der Waals surface area contributed by atoms with Crippen molar-refractivity contribution in [1.29, 1.82) is 0 Å². The molecular weight excluding hydrogens is 180 g/mol. The smallest absolute Gasteiger partial charge is 0.0700 e. The third-order valence-corrected chi connectivity index (χ3v) is 2.59. The zero-order chi connectivity index (χ0) is 10.2. The molecule has 0 aromatic heterocycles. The Hall–Kier alpha value is -0.160. The van der Waals surface area contributed by atoms with Gasteiger partial charge in [-0.05, 0) is 6.92 Å². The van der Waals surface area contributed by atoms with E-state index >= 15 is 0 Å². The number of nitrogens with zero attached hydrogens (tertiary/aromatic N) is 1. The van der Waals surface area contributed by atoms with Gasteiger partial charge in [-0.2, -0.15) is 0 Å². The molecule has 0 aliphatic carbocycles. The normalized spacial score (nSPS) is 24.0. The van der Waals surface area contributed by atoms with E-state index in [0.29, 0.717) is 19.3 Å². The number of piperazine rings is 1. The molecule has 0 aromatic rings. The Bertz CT molecular complexity index is 144. The van der Waals surface area contributed by atoms with Gasteiger partial charge in [-0.1, -0.05) is 0 Å². The second-order valence-corrected chi connectivity index (χ2v) is 3.69. The van der Waals surface area contributed by atoms with Crippen molar-refractivity contribution in [2.75, 3.05) is 53.1 Å². The molecule has 1 N–H and O–H groups in total. The van der Waals surface area contributed by atoms with Crippen LogP contribution in [0.2, 0.25) is 0 Å². The molecule has 0 radical (unpaired) electrons. The minimum Gasteiger partial charge on any atom is -0.382 e. The molecule has 0 amide bonds. The fourth-order valence-electron chi connectivity index (χ4n) is 1.64. The van der Waals surface area contributed by atoms with Crippen molar-refractivity contribution in [1.82, 2.24) is 10.2 Å². The van der Waals surface area contributed by atoms with Gasteiger partial charge in [0.2, 0.25) is 0 Å². The maximum absolute atomic E-state index is 5.44. The van der Waals surface area contributed by atoms with E-state index in [1.165, 1.54) is 0 Å². The highest BCUT2D eigenvalue weighted by molar-refractivity contribution is 4.75. The van der Waals surface area contributed by atoms with Crippen LogP contribution in [-0.4, -0.2) is 64.1 Å². The summed E-state index contributed by atoms with van der Waals surface area (Å²) in [5.74, 6) is 0. The zero-order valence-corrected chi connectivity index (χ0v) is 9.29. The van der Waals surface area contributed by atoms with Crippen molar-refractivity contribution in [2.24, 2.45) is 0 Å². The third-order valence-electron chi connectivity index (χ3n) is 2.59. The number of hydrogen-bond donors (Lipinski definition) is 1. The first kappa shape index (κ1) is 11.9. The zero-order valence-electron chi connectivity index (χ0n) is 9.29. The first-order valence-corrected chi connectivity index (χ1v) is 5.36. The van der Waals surface area contributed by atoms with Crippen molar-refractivity contribution < 1.29 is 9.47 Å². The maximum Gasteiger partial charge on any atom is 0.0700 e. The summed E-state index contributed by atoms with van der Waals surface area (Å²) in [6, 6.07) is 0.634. The summed E-state index contributed by atoms with van der Waals surface area (Å²) < 4.78 is 10.3. The van der Waals surface area contributed by atoms with Crippen LogP contribution in [-0.2, 0) is 9.47 Å². The lowest BCUT2D eigenvalue weighted by Crippen LogP contribution is -2.50. The number of rotatable bonds is 6. The second kappa shape index (κ2) is 7.17. The van der Waals surface area contributed by atoms with E-state index in [1.807, 2.05) is 0 Å². The van der Waals surface area contributed by atoms with Gasteiger partial charge in [-0.15, -0.1) is 0 Å². The summed E-state index contributed by atoms with van der Waals surface area (Å²) >= 11 is 0. The molecule has 0 unspecified atom stereocenters. The molecule has 1 saturated heterocycles. The topological polar surface area (TPSA) is 33.7 Å². The Kier molecular flexibility index (Phi) is 6.10. The Balaban J connectivity index is 1.99. The summed E-state index contributed by atoms with van der Waals surface area (Å²) in [6.07, 6.45) is 0. The molecule has 4 heteroatoms. The van der Waals surface area contributed by atoms with Gasteiger partial charge in [0.05, 0.1) is 19.8 Å². The van der Waals surface area contributed by atoms with Crippen LogP contribution in [0.3, 0.4) is 0 Å². The summed E-state index contributed by atoms with van der Waals surface area (Å²) in [4.78, 5) is 2.46. The van der Waals surface area contributed by atoms with Crippen LogP contribution >= 0.6 is 0 Å². The summed E-state index contributed by atoms with van der Waals surface area (Å²) in [5.41, 5.74) is 0. The molecule has 0 saturated carbocycles. The number of nitrogens with one attached hydrogen (secondary N) is 1. The standard InChI is InChI=1S/C10H22N2O2/c1-10-9-11-3-4-12(10)5-6-14-8-7-13-2/h10-11H,3-9H2,1-2H3/t10-/m1/s1. The molecule has 84 valence electrons. The molecule has 1 aliphatic heterocycles. The summed E-state index contributed by atoms with van der Waals surface area (Å²) in [7, 11) is 1.70. The second-order valence-electron chi connectivity index (χ2n) is 3.69. The van der Waals surface area contributed by atoms with Crippen LogP contribution in [0.25, 0.3) is 0 Å². The molecule has 1 rings (SSSR count). The lowest BCUT2D eigenvalue weighted by molar-refractivity contribution is 0.0471. The van der Waals surface area contributed by atoms with E-state index in [0.717, 1.165) is 32.8 Å². The van der Waals surface area contributed by atoms with Gasteiger partial charge in [0.1, 0.15) is 0 Å². The molecule has 1 atom stereocenters. The van der Waals surface area contributed by atoms with E-state index in [2.05, 4.69) is 17.1 Å². The van der Waals surface area contributed by atoms with E-state index in [4.69, 9.17) is 9.47 Å². The number of methoxy groups -OCH3 is 1. The molecule has 1 aliphatic rings. The van der Waals surface area contributed by atoms with Gasteiger partial charge in [-0.25, -0.2) is 0 Å². The predicted octanol–water partition coefficient (Wildman–Crippen LogP) is -0.0569. The van der Waals surface area contributed by atoms with Crippen LogP contribution in [0, 0.1) is 0 Å². The molecule has 1 fully saturated rings. The third kappa shape index (κ3) is 4.37. The maximum atomic E-state index is 5.44. The van der Waals surface area contributed by atoms with Crippen LogP contribution in [0.5, 0.6) is 0 Å². The van der Waals surface area contributed by atoms with Crippen molar-refractivity contribution in [3.8, 4) is 0 Å². The Morgan fingerprint density at radius 2 is 2.21 bits per heavy atom. The minimum absolute atomic E-state index is 0.634. The monoisotopic (exact) mass is 202 g/mol. The fourth-order valence-corrected chi connectivity index (χ4v) is 1.64. The van der Waals surface area contributed by atoms with E-state index in [-0.39, 0.29) is 0 Å². The molecule has 0 aromatic carbocycles. The largest absolute Gasteiger partial charge is 0.382 e. The van der Waals surface area contributed by atoms with Crippen LogP contribution in [0.1, 0.15) is 6.92 Å². The first-order valence-electron chi connectivity index (χ1n) is 5.36. The number of ether oxygens (including phenoxy) is 2. The van der Waals surface area contributed by atoms with Gasteiger partial charge in [-0.3, -0.25) is 4.90 Å². The molecule has 1 heterocycles.